The number of hydrogen-bond donors (Lipinski definition) is 0. The molecular weight excluding hydrogens is 276 g/mol. The first-order valence-electron chi connectivity index (χ1n) is 8.27. The Kier molecular flexibility index (Phi) is 5.76. The summed E-state index contributed by atoms with van der Waals surface area (Å²) < 4.78 is 0. The van der Waals surface area contributed by atoms with Crippen molar-refractivity contribution in [3.8, 4) is 11.1 Å². The topological polar surface area (TPSA) is 0 Å². The van der Waals surface area contributed by atoms with E-state index >= 15 is 0 Å². The van der Waals surface area contributed by atoms with E-state index in [-0.39, 0.29) is 0 Å². The minimum atomic E-state index is 1.08. The average molecular weight is 302 g/mol. The quantitative estimate of drug-likeness (QED) is 0.535. The number of allylic oxidation sites excluding steroid dienone is 5. The van der Waals surface area contributed by atoms with Gasteiger partial charge in [-0.3, -0.25) is 0 Å². The van der Waals surface area contributed by atoms with Crippen LogP contribution in [0.4, 0.5) is 0 Å². The Morgan fingerprint density at radius 1 is 1.04 bits per heavy atom. The zero-order valence-corrected chi connectivity index (χ0v) is 14.7. The highest BCUT2D eigenvalue weighted by Gasteiger charge is 2.07. The largest absolute Gasteiger partial charge is 0.0988 e. The molecule has 0 spiro atoms. The lowest BCUT2D eigenvalue weighted by Gasteiger charge is -2.13. The average Bonchev–Trinajstić information content (AvgIpc) is 2.60. The molecule has 0 bridgehead atoms. The molecule has 0 aliphatic carbocycles. The smallest absolute Gasteiger partial charge is 0.0146 e. The zero-order chi connectivity index (χ0) is 16.8. The first-order chi connectivity index (χ1) is 11.1. The van der Waals surface area contributed by atoms with Crippen molar-refractivity contribution in [2.24, 2.45) is 0 Å². The van der Waals surface area contributed by atoms with Crippen molar-refractivity contribution < 1.29 is 0 Å². The summed E-state index contributed by atoms with van der Waals surface area (Å²) >= 11 is 0. The fraction of sp³-hybridized carbons (Fsp3) is 0.217. The van der Waals surface area contributed by atoms with E-state index in [1.165, 1.54) is 39.0 Å². The third kappa shape index (κ3) is 3.90. The van der Waals surface area contributed by atoms with Gasteiger partial charge in [0.15, 0.2) is 0 Å². The van der Waals surface area contributed by atoms with E-state index in [2.05, 4.69) is 88.9 Å². The SMILES string of the molecule is C=C/C(C)=C(\C=C/C)c1cc(-c2ccc(CC)cc2)ccc1C. The van der Waals surface area contributed by atoms with Crippen LogP contribution in [-0.2, 0) is 6.42 Å². The van der Waals surface area contributed by atoms with E-state index in [0.717, 1.165) is 6.42 Å². The minimum absolute atomic E-state index is 1.08. The molecule has 2 aromatic carbocycles. The van der Waals surface area contributed by atoms with Crippen molar-refractivity contribution in [1.82, 2.24) is 0 Å². The Hall–Kier alpha value is -2.34. The molecule has 2 rings (SSSR count). The molecule has 0 radical (unpaired) electrons. The van der Waals surface area contributed by atoms with Crippen LogP contribution in [0.15, 0.2) is 72.8 Å². The van der Waals surface area contributed by atoms with Gasteiger partial charge in [0.25, 0.3) is 0 Å². The second-order valence-electron chi connectivity index (χ2n) is 5.88. The van der Waals surface area contributed by atoms with Gasteiger partial charge in [-0.25, -0.2) is 0 Å². The van der Waals surface area contributed by atoms with Crippen LogP contribution in [0.2, 0.25) is 0 Å². The van der Waals surface area contributed by atoms with Crippen LogP contribution in [0.25, 0.3) is 16.7 Å². The fourth-order valence-corrected chi connectivity index (χ4v) is 2.73. The maximum Gasteiger partial charge on any atom is -0.0146 e. The van der Waals surface area contributed by atoms with Gasteiger partial charge < -0.3 is 0 Å². The van der Waals surface area contributed by atoms with E-state index < -0.39 is 0 Å². The molecule has 0 saturated carbocycles. The predicted molar refractivity (Wildman–Crippen MR) is 104 cm³/mol. The third-order valence-corrected chi connectivity index (χ3v) is 4.29. The van der Waals surface area contributed by atoms with Crippen molar-refractivity contribution in [2.75, 3.05) is 0 Å². The lowest BCUT2D eigenvalue weighted by molar-refractivity contribution is 1.14. The monoisotopic (exact) mass is 302 g/mol. The lowest BCUT2D eigenvalue weighted by Crippen LogP contribution is -1.91. The van der Waals surface area contributed by atoms with Crippen LogP contribution < -0.4 is 0 Å². The van der Waals surface area contributed by atoms with Crippen LogP contribution >= 0.6 is 0 Å². The molecule has 0 amide bonds. The molecule has 0 fully saturated rings. The summed E-state index contributed by atoms with van der Waals surface area (Å²) in [5.74, 6) is 0. The van der Waals surface area contributed by atoms with E-state index in [4.69, 9.17) is 0 Å². The molecular formula is C23H26. The maximum atomic E-state index is 3.93. The summed E-state index contributed by atoms with van der Waals surface area (Å²) in [7, 11) is 0. The number of benzene rings is 2. The van der Waals surface area contributed by atoms with E-state index in [9.17, 15) is 0 Å². The Balaban J connectivity index is 2.56. The third-order valence-electron chi connectivity index (χ3n) is 4.29. The molecule has 0 unspecified atom stereocenters. The molecule has 23 heavy (non-hydrogen) atoms. The van der Waals surface area contributed by atoms with Crippen LogP contribution in [0.5, 0.6) is 0 Å². The van der Waals surface area contributed by atoms with E-state index in [0.29, 0.717) is 0 Å². The highest BCUT2D eigenvalue weighted by atomic mass is 14.1. The maximum absolute atomic E-state index is 3.93. The van der Waals surface area contributed by atoms with Gasteiger partial charge in [0.2, 0.25) is 0 Å². The Morgan fingerprint density at radius 2 is 1.70 bits per heavy atom. The molecule has 0 aliphatic rings. The van der Waals surface area contributed by atoms with Gasteiger partial charge in [-0.05, 0) is 72.2 Å². The van der Waals surface area contributed by atoms with Gasteiger partial charge in [-0.2, -0.15) is 0 Å². The summed E-state index contributed by atoms with van der Waals surface area (Å²) in [6.07, 6.45) is 7.26. The molecule has 0 saturated heterocycles. The van der Waals surface area contributed by atoms with Gasteiger partial charge >= 0.3 is 0 Å². The van der Waals surface area contributed by atoms with Crippen molar-refractivity contribution in [3.05, 3.63) is 89.5 Å². The second-order valence-corrected chi connectivity index (χ2v) is 5.88. The molecule has 0 aromatic heterocycles. The minimum Gasteiger partial charge on any atom is -0.0988 e. The van der Waals surface area contributed by atoms with Gasteiger partial charge in [-0.15, -0.1) is 0 Å². The molecule has 0 atom stereocenters. The zero-order valence-electron chi connectivity index (χ0n) is 14.7. The highest BCUT2D eigenvalue weighted by Crippen LogP contribution is 2.29. The summed E-state index contributed by atoms with van der Waals surface area (Å²) in [6.45, 7) is 12.4. The highest BCUT2D eigenvalue weighted by molar-refractivity contribution is 5.82. The van der Waals surface area contributed by atoms with Crippen molar-refractivity contribution in [3.63, 3.8) is 0 Å². The van der Waals surface area contributed by atoms with E-state index in [1.54, 1.807) is 0 Å². The number of rotatable bonds is 5. The Labute approximate surface area is 140 Å². The molecule has 0 heteroatoms. The standard InChI is InChI=1S/C23H26/c1-6-9-22(17(4)7-2)23-16-21(13-10-18(23)5)20-14-11-19(8-3)12-15-20/h6-7,9-16H,2,8H2,1,3-5H3/b9-6-,22-17+. The predicted octanol–water partition coefficient (Wildman–Crippen LogP) is 6.76. The normalized spacial score (nSPS) is 12.3. The molecule has 118 valence electrons. The fourth-order valence-electron chi connectivity index (χ4n) is 2.73. The van der Waals surface area contributed by atoms with Gasteiger partial charge in [0, 0.05) is 0 Å². The Bertz CT molecular complexity index is 740. The molecule has 0 heterocycles. The van der Waals surface area contributed by atoms with Crippen molar-refractivity contribution >= 4 is 5.57 Å². The molecule has 0 nitrogen and oxygen atoms in total. The van der Waals surface area contributed by atoms with Crippen LogP contribution in [0, 0.1) is 6.92 Å². The van der Waals surface area contributed by atoms with Crippen molar-refractivity contribution in [2.45, 2.75) is 34.1 Å². The first-order valence-corrected chi connectivity index (χ1v) is 8.27. The summed E-state index contributed by atoms with van der Waals surface area (Å²) in [4.78, 5) is 0. The number of aryl methyl sites for hydroxylation is 2. The molecule has 0 N–H and O–H groups in total. The van der Waals surface area contributed by atoms with Gasteiger partial charge in [-0.1, -0.05) is 68.1 Å². The first kappa shape index (κ1) is 17.0. The summed E-state index contributed by atoms with van der Waals surface area (Å²) in [5.41, 5.74) is 8.90. The van der Waals surface area contributed by atoms with E-state index in [1.807, 2.05) is 6.08 Å². The number of hydrogen-bond acceptors (Lipinski definition) is 0. The van der Waals surface area contributed by atoms with Gasteiger partial charge in [0.05, 0.1) is 0 Å². The molecule has 0 aliphatic heterocycles. The second kappa shape index (κ2) is 7.78. The van der Waals surface area contributed by atoms with Gasteiger partial charge in [0.1, 0.15) is 0 Å². The summed E-state index contributed by atoms with van der Waals surface area (Å²) in [6, 6.07) is 15.6. The van der Waals surface area contributed by atoms with Crippen LogP contribution in [0.1, 0.15) is 37.5 Å². The lowest BCUT2D eigenvalue weighted by atomic mass is 9.92. The van der Waals surface area contributed by atoms with Crippen molar-refractivity contribution in [1.29, 1.82) is 0 Å². The Morgan fingerprint density at radius 3 is 2.26 bits per heavy atom. The van der Waals surface area contributed by atoms with Crippen LogP contribution in [-0.4, -0.2) is 0 Å². The van der Waals surface area contributed by atoms with Crippen LogP contribution in [0.3, 0.4) is 0 Å². The molecule has 2 aromatic rings. The summed E-state index contributed by atoms with van der Waals surface area (Å²) in [5, 5.41) is 0.